The van der Waals surface area contributed by atoms with E-state index >= 15 is 0 Å². The van der Waals surface area contributed by atoms with Crippen molar-refractivity contribution >= 4 is 6.47 Å². The second-order valence-corrected chi connectivity index (χ2v) is 0.813. The molecule has 42 valence electrons. The molecule has 0 heterocycles. The molecule has 0 atom stereocenters. The maximum atomic E-state index is 8.36. The molecule has 0 amide bonds. The fourth-order valence-corrected chi connectivity index (χ4v) is 0. The average Bonchev–Trinajstić information content (AvgIpc) is 1.39. The molecule has 0 saturated heterocycles. The minimum absolute atomic E-state index is 0. The van der Waals surface area contributed by atoms with E-state index in [0.29, 0.717) is 0 Å². The molecule has 0 fully saturated rings. The smallest absolute Gasteiger partial charge is 0.290 e. The minimum Gasteiger partial charge on any atom is -0.483 e. The van der Waals surface area contributed by atoms with Gasteiger partial charge in [0.15, 0.2) is 0 Å². The van der Waals surface area contributed by atoms with Crippen molar-refractivity contribution in [1.29, 1.82) is 0 Å². The number of rotatable bonds is 0. The fourth-order valence-electron chi connectivity index (χ4n) is 0. The van der Waals surface area contributed by atoms with Crippen molar-refractivity contribution < 1.29 is 35.7 Å². The van der Waals surface area contributed by atoms with Crippen LogP contribution in [0.1, 0.15) is 20.3 Å². The van der Waals surface area contributed by atoms with Gasteiger partial charge in [-0.25, -0.2) is 0 Å². The van der Waals surface area contributed by atoms with Gasteiger partial charge in [0.2, 0.25) is 0 Å². The Bertz CT molecular complexity index is 23.7. The monoisotopic (exact) mass is 270 g/mol. The largest absolute Gasteiger partial charge is 0.483 e. The van der Waals surface area contributed by atoms with Gasteiger partial charge < -0.3 is 5.11 Å². The zero-order valence-electron chi connectivity index (χ0n) is 4.64. The van der Waals surface area contributed by atoms with Gasteiger partial charge in [0.05, 0.1) is 0 Å². The summed E-state index contributed by atoms with van der Waals surface area (Å²) in [6.07, 6.45) is 1.25. The van der Waals surface area contributed by atoms with Crippen molar-refractivity contribution in [3.8, 4) is 0 Å². The van der Waals surface area contributed by atoms with Crippen molar-refractivity contribution in [1.82, 2.24) is 0 Å². The van der Waals surface area contributed by atoms with Crippen LogP contribution in [0.4, 0.5) is 0 Å². The first kappa shape index (κ1) is 15.7. The van der Waals surface area contributed by atoms with E-state index in [9.17, 15) is 0 Å². The summed E-state index contributed by atoms with van der Waals surface area (Å²) in [5.41, 5.74) is 0. The van der Waals surface area contributed by atoms with E-state index in [4.69, 9.17) is 9.90 Å². The van der Waals surface area contributed by atoms with Crippen LogP contribution in [0.15, 0.2) is 0 Å². The van der Waals surface area contributed by atoms with Gasteiger partial charge in [-0.3, -0.25) is 4.79 Å². The summed E-state index contributed by atoms with van der Waals surface area (Å²) in [5, 5.41) is 6.89. The van der Waals surface area contributed by atoms with Crippen molar-refractivity contribution in [2.24, 2.45) is 0 Å². The average molecular weight is 269 g/mol. The minimum atomic E-state index is -0.250. The first-order valence-corrected chi connectivity index (χ1v) is 1.91. The third kappa shape index (κ3) is 1030. The summed E-state index contributed by atoms with van der Waals surface area (Å²) in [5.74, 6) is 0. The second kappa shape index (κ2) is 33.0. The van der Waals surface area contributed by atoms with Crippen LogP contribution < -0.4 is 0 Å². The Hall–Kier alpha value is 0.340. The van der Waals surface area contributed by atoms with Crippen LogP contribution in [0.3, 0.4) is 0 Å². The molecule has 0 aliphatic heterocycles. The van der Waals surface area contributed by atoms with Gasteiger partial charge in [-0.2, -0.15) is 0 Å². The molecule has 0 unspecified atom stereocenters. The van der Waals surface area contributed by atoms with E-state index in [1.807, 2.05) is 0 Å². The molecule has 0 aliphatic carbocycles. The second-order valence-electron chi connectivity index (χ2n) is 0.813. The van der Waals surface area contributed by atoms with Crippen LogP contribution in [-0.2, 0) is 30.6 Å². The van der Waals surface area contributed by atoms with Gasteiger partial charge in [0, 0.05) is 25.8 Å². The molecule has 0 aromatic heterocycles. The number of carbonyl (C=O) groups is 1. The quantitative estimate of drug-likeness (QED) is 0.528. The van der Waals surface area contributed by atoms with Crippen LogP contribution in [0.25, 0.3) is 0 Å². The van der Waals surface area contributed by atoms with Crippen LogP contribution in [-0.4, -0.2) is 11.6 Å². The molecule has 0 radical (unpaired) electrons. The molecular weight excluding hydrogens is 259 g/mol. The van der Waals surface area contributed by atoms with E-state index < -0.39 is 0 Å². The molecule has 1 N–H and O–H groups in total. The molecule has 0 aromatic rings. The standard InChI is InChI=1S/C3H8.CH2O2.Hf/c1-3-2;2-1-3;/h3H2,1-2H3;1H,(H,2,3);. The van der Waals surface area contributed by atoms with E-state index in [0.717, 1.165) is 0 Å². The normalized spacial score (nSPS) is 4.29. The molecule has 2 nitrogen and oxygen atoms in total. The zero-order valence-corrected chi connectivity index (χ0v) is 8.23. The zero-order chi connectivity index (χ0) is 5.41. The van der Waals surface area contributed by atoms with E-state index in [2.05, 4.69) is 13.8 Å². The van der Waals surface area contributed by atoms with Crippen LogP contribution in [0, 0.1) is 0 Å². The van der Waals surface area contributed by atoms with Gasteiger partial charge in [-0.15, -0.1) is 0 Å². The molecule has 0 bridgehead atoms. The third-order valence-corrected chi connectivity index (χ3v) is 0. The molecule has 3 heteroatoms. The Morgan fingerprint density at radius 1 is 1.57 bits per heavy atom. The molecule has 0 spiro atoms. The van der Waals surface area contributed by atoms with Gasteiger partial charge >= 0.3 is 0 Å². The summed E-state index contributed by atoms with van der Waals surface area (Å²) in [6, 6.07) is 0. The Morgan fingerprint density at radius 3 is 1.57 bits per heavy atom. The van der Waals surface area contributed by atoms with E-state index in [-0.39, 0.29) is 32.3 Å². The van der Waals surface area contributed by atoms with Gasteiger partial charge in [-0.1, -0.05) is 20.3 Å². The molecule has 7 heavy (non-hydrogen) atoms. The third-order valence-electron chi connectivity index (χ3n) is 0. The van der Waals surface area contributed by atoms with E-state index in [1.54, 1.807) is 0 Å². The Balaban J connectivity index is -0.0000000400. The maximum Gasteiger partial charge on any atom is 0.290 e. The molecule has 0 aliphatic rings. The van der Waals surface area contributed by atoms with Crippen LogP contribution in [0.2, 0.25) is 0 Å². The first-order chi connectivity index (χ1) is 2.83. The summed E-state index contributed by atoms with van der Waals surface area (Å²) in [7, 11) is 0. The van der Waals surface area contributed by atoms with Crippen molar-refractivity contribution in [2.45, 2.75) is 20.3 Å². The summed E-state index contributed by atoms with van der Waals surface area (Å²) >= 11 is 0. The van der Waals surface area contributed by atoms with Gasteiger partial charge in [0.25, 0.3) is 6.47 Å². The Morgan fingerprint density at radius 2 is 1.57 bits per heavy atom. The van der Waals surface area contributed by atoms with Crippen LogP contribution in [0.5, 0.6) is 0 Å². The first-order valence-electron chi connectivity index (χ1n) is 1.91. The molecule has 0 aromatic carbocycles. The fraction of sp³-hybridized carbons (Fsp3) is 0.750. The Kier molecular flexibility index (Phi) is 73.9. The maximum absolute atomic E-state index is 8.36. The number of hydrogen-bond donors (Lipinski definition) is 1. The molecule has 0 rings (SSSR count). The topological polar surface area (TPSA) is 37.3 Å². The predicted molar refractivity (Wildman–Crippen MR) is 24.7 cm³/mol. The van der Waals surface area contributed by atoms with Crippen molar-refractivity contribution in [3.05, 3.63) is 0 Å². The summed E-state index contributed by atoms with van der Waals surface area (Å²) in [6.45, 7) is 4.00. The van der Waals surface area contributed by atoms with Gasteiger partial charge in [0.1, 0.15) is 0 Å². The van der Waals surface area contributed by atoms with Gasteiger partial charge in [-0.05, 0) is 0 Å². The van der Waals surface area contributed by atoms with Crippen LogP contribution >= 0.6 is 0 Å². The predicted octanol–water partition coefficient (Wildman–Crippen LogP) is 1.11. The van der Waals surface area contributed by atoms with Crippen molar-refractivity contribution in [2.75, 3.05) is 0 Å². The Labute approximate surface area is 62.7 Å². The number of hydrogen-bond acceptors (Lipinski definition) is 1. The summed E-state index contributed by atoms with van der Waals surface area (Å²) in [4.78, 5) is 8.36. The summed E-state index contributed by atoms with van der Waals surface area (Å²) < 4.78 is 0. The van der Waals surface area contributed by atoms with Crippen molar-refractivity contribution in [3.63, 3.8) is 0 Å². The SMILES string of the molecule is CCC.O=CO.[Hf]. The van der Waals surface area contributed by atoms with E-state index in [1.165, 1.54) is 6.42 Å². The molecular formula is C4H10HfO2. The number of carboxylic acid groups (broad SMARTS) is 1. The molecule has 0 saturated carbocycles.